The Balaban J connectivity index is 1.46. The average Bonchev–Trinajstić information content (AvgIpc) is 3.20. The van der Waals surface area contributed by atoms with Crippen LogP contribution in [0.15, 0.2) is 54.9 Å². The Labute approximate surface area is 170 Å². The van der Waals surface area contributed by atoms with Gasteiger partial charge in [-0.1, -0.05) is 43.3 Å². The van der Waals surface area contributed by atoms with E-state index >= 15 is 0 Å². The monoisotopic (exact) mass is 390 g/mol. The first-order valence-corrected chi connectivity index (χ1v) is 10.0. The fourth-order valence-corrected chi connectivity index (χ4v) is 3.97. The van der Waals surface area contributed by atoms with Crippen molar-refractivity contribution < 1.29 is 4.79 Å². The van der Waals surface area contributed by atoms with Crippen LogP contribution < -0.4 is 5.32 Å². The molecule has 0 radical (unpaired) electrons. The van der Waals surface area contributed by atoms with Crippen molar-refractivity contribution in [2.24, 2.45) is 0 Å². The van der Waals surface area contributed by atoms with Crippen molar-refractivity contribution in [3.8, 4) is 5.69 Å². The van der Waals surface area contributed by atoms with E-state index in [9.17, 15) is 4.79 Å². The largest absolute Gasteiger partial charge is 0.325 e. The molecule has 1 unspecified atom stereocenters. The molecule has 29 heavy (non-hydrogen) atoms. The molecule has 1 fully saturated rings. The zero-order valence-corrected chi connectivity index (χ0v) is 16.9. The number of nitrogens with zero attached hydrogens (tertiary/aromatic N) is 5. The van der Waals surface area contributed by atoms with Gasteiger partial charge in [0, 0.05) is 18.8 Å². The summed E-state index contributed by atoms with van der Waals surface area (Å²) in [6.45, 7) is 5.79. The molecule has 4 rings (SSSR count). The lowest BCUT2D eigenvalue weighted by atomic mass is 9.76. The standard InChI is InChI=1S/C22H26N6O/c1-17-9-10-19(28-16-23-25-26-28)15-20(17)24-21(29)27-13-6-11-22(2,12-14-27)18-7-4-3-5-8-18/h3-5,7-10,15-16H,6,11-14H2,1-2H3,(H,24,29). The summed E-state index contributed by atoms with van der Waals surface area (Å²) in [5, 5.41) is 14.3. The Morgan fingerprint density at radius 3 is 2.69 bits per heavy atom. The molecule has 1 aliphatic rings. The number of hydrogen-bond acceptors (Lipinski definition) is 4. The van der Waals surface area contributed by atoms with Gasteiger partial charge in [0.2, 0.25) is 0 Å². The van der Waals surface area contributed by atoms with E-state index in [2.05, 4.69) is 58.1 Å². The number of carbonyl (C=O) groups is 1. The summed E-state index contributed by atoms with van der Waals surface area (Å²) in [5.74, 6) is 0. The first kappa shape index (κ1) is 19.1. The summed E-state index contributed by atoms with van der Waals surface area (Å²) in [6.07, 6.45) is 4.56. The van der Waals surface area contributed by atoms with Gasteiger partial charge in [0.25, 0.3) is 0 Å². The molecule has 2 heterocycles. The minimum Gasteiger partial charge on any atom is -0.325 e. The third-order valence-corrected chi connectivity index (χ3v) is 5.92. The van der Waals surface area contributed by atoms with Gasteiger partial charge in [0.15, 0.2) is 0 Å². The molecular weight excluding hydrogens is 364 g/mol. The Bertz CT molecular complexity index is 972. The molecule has 2 aromatic carbocycles. The molecule has 0 spiro atoms. The number of likely N-dealkylation sites (tertiary alicyclic amines) is 1. The Morgan fingerprint density at radius 1 is 1.10 bits per heavy atom. The molecule has 0 aliphatic carbocycles. The van der Waals surface area contributed by atoms with E-state index in [1.165, 1.54) is 11.9 Å². The van der Waals surface area contributed by atoms with Crippen molar-refractivity contribution in [2.45, 2.75) is 38.5 Å². The summed E-state index contributed by atoms with van der Waals surface area (Å²) in [5.41, 5.74) is 4.04. The Hall–Kier alpha value is -3.22. The summed E-state index contributed by atoms with van der Waals surface area (Å²) in [6, 6.07) is 16.4. The maximum absolute atomic E-state index is 13.0. The van der Waals surface area contributed by atoms with Crippen LogP contribution in [0, 0.1) is 6.92 Å². The van der Waals surface area contributed by atoms with Gasteiger partial charge in [-0.3, -0.25) is 0 Å². The predicted octanol–water partition coefficient (Wildman–Crippen LogP) is 3.95. The van der Waals surface area contributed by atoms with Gasteiger partial charge >= 0.3 is 6.03 Å². The topological polar surface area (TPSA) is 75.9 Å². The number of benzene rings is 2. The highest BCUT2D eigenvalue weighted by Gasteiger charge is 2.31. The van der Waals surface area contributed by atoms with Crippen LogP contribution in [0.1, 0.15) is 37.3 Å². The van der Waals surface area contributed by atoms with E-state index in [0.717, 1.165) is 49.3 Å². The van der Waals surface area contributed by atoms with Gasteiger partial charge in [-0.25, -0.2) is 9.48 Å². The number of carbonyl (C=O) groups excluding carboxylic acids is 1. The molecule has 1 atom stereocenters. The maximum Gasteiger partial charge on any atom is 0.321 e. The van der Waals surface area contributed by atoms with E-state index in [4.69, 9.17) is 0 Å². The lowest BCUT2D eigenvalue weighted by Crippen LogP contribution is -2.36. The van der Waals surface area contributed by atoms with E-state index in [-0.39, 0.29) is 11.4 Å². The molecule has 150 valence electrons. The van der Waals surface area contributed by atoms with Crippen molar-refractivity contribution in [1.29, 1.82) is 0 Å². The first-order chi connectivity index (χ1) is 14.0. The van der Waals surface area contributed by atoms with Crippen LogP contribution in [0.2, 0.25) is 0 Å². The van der Waals surface area contributed by atoms with Crippen LogP contribution in [0.3, 0.4) is 0 Å². The highest BCUT2D eigenvalue weighted by molar-refractivity contribution is 5.90. The number of amides is 2. The highest BCUT2D eigenvalue weighted by atomic mass is 16.2. The van der Waals surface area contributed by atoms with Crippen molar-refractivity contribution in [3.63, 3.8) is 0 Å². The molecule has 1 N–H and O–H groups in total. The number of anilines is 1. The van der Waals surface area contributed by atoms with Crippen molar-refractivity contribution in [2.75, 3.05) is 18.4 Å². The van der Waals surface area contributed by atoms with E-state index in [1.807, 2.05) is 30.0 Å². The molecule has 1 saturated heterocycles. The molecular formula is C22H26N6O. The Morgan fingerprint density at radius 2 is 1.93 bits per heavy atom. The SMILES string of the molecule is Cc1ccc(-n2cnnn2)cc1NC(=O)N1CCCC(C)(c2ccccc2)CC1. The third kappa shape index (κ3) is 4.13. The molecule has 1 aliphatic heterocycles. The van der Waals surface area contributed by atoms with Crippen LogP contribution in [0.5, 0.6) is 0 Å². The van der Waals surface area contributed by atoms with Gasteiger partial charge in [0.05, 0.1) is 5.69 Å². The smallest absolute Gasteiger partial charge is 0.321 e. The van der Waals surface area contributed by atoms with Crippen LogP contribution in [-0.2, 0) is 5.41 Å². The lowest BCUT2D eigenvalue weighted by molar-refractivity contribution is 0.212. The number of rotatable bonds is 3. The number of hydrogen-bond donors (Lipinski definition) is 1. The van der Waals surface area contributed by atoms with Crippen LogP contribution in [-0.4, -0.2) is 44.2 Å². The Kier molecular flexibility index (Phi) is 5.29. The predicted molar refractivity (Wildman–Crippen MR) is 112 cm³/mol. The normalized spacial score (nSPS) is 19.6. The summed E-state index contributed by atoms with van der Waals surface area (Å²) in [7, 11) is 0. The zero-order chi connectivity index (χ0) is 20.3. The number of nitrogens with one attached hydrogen (secondary N) is 1. The van der Waals surface area contributed by atoms with Gasteiger partial charge in [0.1, 0.15) is 6.33 Å². The quantitative estimate of drug-likeness (QED) is 0.735. The second-order valence-electron chi connectivity index (χ2n) is 7.95. The molecule has 3 aromatic rings. The molecule has 0 bridgehead atoms. The molecule has 1 aromatic heterocycles. The number of tetrazole rings is 1. The second-order valence-corrected chi connectivity index (χ2v) is 7.95. The van der Waals surface area contributed by atoms with Crippen molar-refractivity contribution in [1.82, 2.24) is 25.1 Å². The molecule has 2 amide bonds. The van der Waals surface area contributed by atoms with Crippen molar-refractivity contribution >= 4 is 11.7 Å². The van der Waals surface area contributed by atoms with E-state index < -0.39 is 0 Å². The fraction of sp³-hybridized carbons (Fsp3) is 0.364. The number of aryl methyl sites for hydroxylation is 1. The average molecular weight is 390 g/mol. The number of urea groups is 1. The molecule has 7 nitrogen and oxygen atoms in total. The maximum atomic E-state index is 13.0. The third-order valence-electron chi connectivity index (χ3n) is 5.92. The highest BCUT2D eigenvalue weighted by Crippen LogP contribution is 2.35. The van der Waals surface area contributed by atoms with Crippen molar-refractivity contribution in [3.05, 3.63) is 66.0 Å². The van der Waals surface area contributed by atoms with Gasteiger partial charge in [-0.2, -0.15) is 0 Å². The van der Waals surface area contributed by atoms with Crippen LogP contribution in [0.25, 0.3) is 5.69 Å². The van der Waals surface area contributed by atoms with Gasteiger partial charge < -0.3 is 10.2 Å². The minimum atomic E-state index is -0.0562. The van der Waals surface area contributed by atoms with Gasteiger partial charge in [-0.05, 0) is 65.3 Å². The van der Waals surface area contributed by atoms with Crippen LogP contribution >= 0.6 is 0 Å². The summed E-state index contributed by atoms with van der Waals surface area (Å²) < 4.78 is 1.58. The lowest BCUT2D eigenvalue weighted by Gasteiger charge is -2.29. The first-order valence-electron chi connectivity index (χ1n) is 10.0. The van der Waals surface area contributed by atoms with Crippen LogP contribution in [0.4, 0.5) is 10.5 Å². The van der Waals surface area contributed by atoms with E-state index in [1.54, 1.807) is 4.68 Å². The summed E-state index contributed by atoms with van der Waals surface area (Å²) >= 11 is 0. The zero-order valence-electron chi connectivity index (χ0n) is 16.9. The molecule has 0 saturated carbocycles. The fourth-order valence-electron chi connectivity index (χ4n) is 3.97. The minimum absolute atomic E-state index is 0.0562. The molecule has 7 heteroatoms. The van der Waals surface area contributed by atoms with Gasteiger partial charge in [-0.15, -0.1) is 5.10 Å². The number of aromatic nitrogens is 4. The second kappa shape index (κ2) is 8.03. The van der Waals surface area contributed by atoms with E-state index in [0.29, 0.717) is 0 Å². The summed E-state index contributed by atoms with van der Waals surface area (Å²) in [4.78, 5) is 14.9.